The van der Waals surface area contributed by atoms with Gasteiger partial charge < -0.3 is 10.1 Å². The van der Waals surface area contributed by atoms with Crippen LogP contribution in [0.4, 0.5) is 10.1 Å². The van der Waals surface area contributed by atoms with Crippen molar-refractivity contribution < 1.29 is 18.7 Å². The fourth-order valence-electron chi connectivity index (χ4n) is 3.97. The smallest absolute Gasteiger partial charge is 0.320 e. The van der Waals surface area contributed by atoms with Gasteiger partial charge in [-0.1, -0.05) is 41.9 Å². The average molecular weight is 493 g/mol. The highest BCUT2D eigenvalue weighted by Gasteiger charge is 2.22. The van der Waals surface area contributed by atoms with Gasteiger partial charge in [-0.3, -0.25) is 14.5 Å². The normalized spacial score (nSPS) is 13.0. The first kappa shape index (κ1) is 24.3. The molecule has 35 heavy (non-hydrogen) atoms. The van der Waals surface area contributed by atoms with Gasteiger partial charge in [0.15, 0.2) is 0 Å². The lowest BCUT2D eigenvalue weighted by atomic mass is 10.0. The number of amides is 1. The fraction of sp³-hybridized carbons (Fsp3) is 0.231. The summed E-state index contributed by atoms with van der Waals surface area (Å²) in [5, 5.41) is 12.0. The van der Waals surface area contributed by atoms with Gasteiger partial charge in [0.2, 0.25) is 0 Å². The Morgan fingerprint density at radius 3 is 2.74 bits per heavy atom. The van der Waals surface area contributed by atoms with Crippen molar-refractivity contribution in [2.24, 2.45) is 0 Å². The molecule has 9 heteroatoms. The van der Waals surface area contributed by atoms with Crippen LogP contribution in [0, 0.1) is 17.1 Å². The van der Waals surface area contributed by atoms with Gasteiger partial charge in [-0.05, 0) is 30.7 Å². The molecule has 2 aromatic carbocycles. The number of carbonyl (C=O) groups is 2. The van der Waals surface area contributed by atoms with Gasteiger partial charge in [-0.15, -0.1) is 0 Å². The monoisotopic (exact) mass is 492 g/mol. The number of nitrogens with zero attached hydrogens (tertiary/aromatic N) is 3. The molecule has 0 saturated carbocycles. The molecule has 0 spiro atoms. The molecule has 4 rings (SSSR count). The highest BCUT2D eigenvalue weighted by molar-refractivity contribution is 6.36. The number of ether oxygens (including phenoxy) is 1. The first-order valence-corrected chi connectivity index (χ1v) is 11.4. The molecular weight excluding hydrogens is 471 g/mol. The highest BCUT2D eigenvalue weighted by atomic mass is 35.5. The van der Waals surface area contributed by atoms with Crippen molar-refractivity contribution in [2.75, 3.05) is 25.0 Å². The number of halogens is 2. The predicted molar refractivity (Wildman–Crippen MR) is 129 cm³/mol. The lowest BCUT2D eigenvalue weighted by Gasteiger charge is -2.27. The Morgan fingerprint density at radius 1 is 1.20 bits per heavy atom. The van der Waals surface area contributed by atoms with Crippen molar-refractivity contribution in [3.8, 4) is 17.2 Å². The minimum absolute atomic E-state index is 0.0907. The maximum atomic E-state index is 14.7. The van der Waals surface area contributed by atoms with Crippen LogP contribution >= 0.6 is 11.6 Å². The second kappa shape index (κ2) is 10.6. The van der Waals surface area contributed by atoms with E-state index in [1.54, 1.807) is 37.3 Å². The van der Waals surface area contributed by atoms with Gasteiger partial charge in [0.05, 0.1) is 29.4 Å². The molecule has 0 atom stereocenters. The van der Waals surface area contributed by atoms with Crippen LogP contribution in [0.25, 0.3) is 11.1 Å². The van der Waals surface area contributed by atoms with E-state index >= 15 is 0 Å². The Balaban J connectivity index is 1.51. The number of nitrogens with one attached hydrogen (secondary N) is 1. The SMILES string of the molecule is CCOC(=O)CN1CCc2nc(C(=O)Nc3cccc(-c4cccc(C#N)c4F)c3Cl)ccc2C1. The predicted octanol–water partition coefficient (Wildman–Crippen LogP) is 4.59. The van der Waals surface area contributed by atoms with E-state index in [0.717, 1.165) is 11.3 Å². The molecule has 1 amide bonds. The zero-order valence-electron chi connectivity index (χ0n) is 19.0. The fourth-order valence-corrected chi connectivity index (χ4v) is 4.25. The van der Waals surface area contributed by atoms with Crippen LogP contribution in [-0.4, -0.2) is 41.5 Å². The zero-order valence-corrected chi connectivity index (χ0v) is 19.7. The maximum absolute atomic E-state index is 14.7. The topological polar surface area (TPSA) is 95.3 Å². The Labute approximate surface area is 207 Å². The van der Waals surface area contributed by atoms with Gasteiger partial charge >= 0.3 is 5.97 Å². The van der Waals surface area contributed by atoms with E-state index in [9.17, 15) is 14.0 Å². The van der Waals surface area contributed by atoms with Crippen LogP contribution in [0.5, 0.6) is 0 Å². The van der Waals surface area contributed by atoms with Gasteiger partial charge in [0.1, 0.15) is 17.6 Å². The van der Waals surface area contributed by atoms with Crippen molar-refractivity contribution in [1.29, 1.82) is 5.26 Å². The summed E-state index contributed by atoms with van der Waals surface area (Å²) in [6, 6.07) is 14.6. The number of benzene rings is 2. The zero-order chi connectivity index (χ0) is 24.9. The summed E-state index contributed by atoms with van der Waals surface area (Å²) >= 11 is 6.51. The summed E-state index contributed by atoms with van der Waals surface area (Å²) in [5.41, 5.74) is 2.71. The molecular formula is C26H22ClFN4O3. The first-order valence-electron chi connectivity index (χ1n) is 11.1. The maximum Gasteiger partial charge on any atom is 0.320 e. The second-order valence-electron chi connectivity index (χ2n) is 7.97. The number of carbonyl (C=O) groups excluding carboxylic acids is 2. The third kappa shape index (κ3) is 5.32. The largest absolute Gasteiger partial charge is 0.465 e. The number of pyridine rings is 1. The molecule has 7 nitrogen and oxygen atoms in total. The van der Waals surface area contributed by atoms with E-state index in [1.165, 1.54) is 12.1 Å². The van der Waals surface area contributed by atoms with Crippen LogP contribution in [0.3, 0.4) is 0 Å². The molecule has 2 heterocycles. The van der Waals surface area contributed by atoms with E-state index in [1.807, 2.05) is 17.0 Å². The molecule has 0 aliphatic carbocycles. The summed E-state index contributed by atoms with van der Waals surface area (Å²) in [6.07, 6.45) is 0.598. The quantitative estimate of drug-likeness (QED) is 0.506. The van der Waals surface area contributed by atoms with Gasteiger partial charge in [0, 0.05) is 36.3 Å². The van der Waals surface area contributed by atoms with E-state index < -0.39 is 11.7 Å². The van der Waals surface area contributed by atoms with Crippen LogP contribution < -0.4 is 5.32 Å². The van der Waals surface area contributed by atoms with Gasteiger partial charge in [-0.25, -0.2) is 9.37 Å². The summed E-state index contributed by atoms with van der Waals surface area (Å²) in [5.74, 6) is -1.39. The Hall–Kier alpha value is -3.80. The highest BCUT2D eigenvalue weighted by Crippen LogP contribution is 2.36. The minimum Gasteiger partial charge on any atom is -0.465 e. The standard InChI is InChI=1S/C26H22ClFN4O3/c1-2-35-23(33)15-32-12-11-20-17(14-32)9-10-22(30-20)26(34)31-21-8-4-6-18(24(21)27)19-7-3-5-16(13-29)25(19)28/h3-10H,2,11-12,14-15H2,1H3,(H,31,34). The molecule has 1 aliphatic heterocycles. The molecule has 3 aromatic rings. The van der Waals surface area contributed by atoms with Crippen molar-refractivity contribution in [1.82, 2.24) is 9.88 Å². The molecule has 0 bridgehead atoms. The van der Waals surface area contributed by atoms with Crippen molar-refractivity contribution in [3.63, 3.8) is 0 Å². The number of esters is 1. The van der Waals surface area contributed by atoms with Crippen LogP contribution in [-0.2, 0) is 22.5 Å². The number of hydrogen-bond donors (Lipinski definition) is 1. The number of anilines is 1. The summed E-state index contributed by atoms with van der Waals surface area (Å²) in [7, 11) is 0. The number of aromatic nitrogens is 1. The van der Waals surface area contributed by atoms with E-state index in [-0.39, 0.29) is 34.4 Å². The van der Waals surface area contributed by atoms with Gasteiger partial charge in [-0.2, -0.15) is 5.26 Å². The van der Waals surface area contributed by atoms with Crippen molar-refractivity contribution in [2.45, 2.75) is 19.9 Å². The minimum atomic E-state index is -0.672. The molecule has 0 saturated heterocycles. The Kier molecular flexibility index (Phi) is 7.39. The average Bonchev–Trinajstić information content (AvgIpc) is 2.85. The first-order chi connectivity index (χ1) is 16.9. The van der Waals surface area contributed by atoms with Crippen LogP contribution in [0.2, 0.25) is 5.02 Å². The number of rotatable bonds is 6. The van der Waals surface area contributed by atoms with Crippen molar-refractivity contribution in [3.05, 3.63) is 81.9 Å². The number of fused-ring (bicyclic) bond motifs is 1. The number of hydrogen-bond acceptors (Lipinski definition) is 6. The van der Waals surface area contributed by atoms with E-state index in [0.29, 0.717) is 37.4 Å². The third-order valence-corrected chi connectivity index (χ3v) is 6.08. The van der Waals surface area contributed by atoms with E-state index in [4.69, 9.17) is 21.6 Å². The summed E-state index contributed by atoms with van der Waals surface area (Å²) in [6.45, 7) is 3.50. The number of nitriles is 1. The lowest BCUT2D eigenvalue weighted by Crippen LogP contribution is -2.36. The lowest BCUT2D eigenvalue weighted by molar-refractivity contribution is -0.144. The molecule has 178 valence electrons. The molecule has 1 aliphatic rings. The summed E-state index contributed by atoms with van der Waals surface area (Å²) in [4.78, 5) is 31.2. The molecule has 0 radical (unpaired) electrons. The molecule has 0 fully saturated rings. The molecule has 0 unspecified atom stereocenters. The Morgan fingerprint density at radius 2 is 1.97 bits per heavy atom. The van der Waals surface area contributed by atoms with Crippen LogP contribution in [0.1, 0.15) is 34.2 Å². The third-order valence-electron chi connectivity index (χ3n) is 5.67. The summed E-state index contributed by atoms with van der Waals surface area (Å²) < 4.78 is 19.7. The van der Waals surface area contributed by atoms with E-state index in [2.05, 4.69) is 10.3 Å². The van der Waals surface area contributed by atoms with Crippen molar-refractivity contribution >= 4 is 29.2 Å². The second-order valence-corrected chi connectivity index (χ2v) is 8.35. The van der Waals surface area contributed by atoms with Crippen LogP contribution in [0.15, 0.2) is 48.5 Å². The molecule has 1 N–H and O–H groups in total. The molecule has 1 aromatic heterocycles. The Bertz CT molecular complexity index is 1340. The van der Waals surface area contributed by atoms with Gasteiger partial charge in [0.25, 0.3) is 5.91 Å².